The van der Waals surface area contributed by atoms with Crippen molar-refractivity contribution in [2.75, 3.05) is 20.7 Å². The zero-order valence-corrected chi connectivity index (χ0v) is 20.4. The Labute approximate surface area is 202 Å². The number of amides is 1. The molecule has 0 unspecified atom stereocenters. The van der Waals surface area contributed by atoms with Crippen LogP contribution in [0.15, 0.2) is 24.3 Å². The van der Waals surface area contributed by atoms with Gasteiger partial charge in [0.1, 0.15) is 40.6 Å². The zero-order valence-electron chi connectivity index (χ0n) is 20.4. The summed E-state index contributed by atoms with van der Waals surface area (Å²) in [4.78, 5) is 31.9. The van der Waals surface area contributed by atoms with E-state index >= 15 is 0 Å². The molecule has 3 aromatic rings. The summed E-state index contributed by atoms with van der Waals surface area (Å²) in [6, 6.07) is 5.11. The van der Waals surface area contributed by atoms with Gasteiger partial charge in [0.15, 0.2) is 0 Å². The van der Waals surface area contributed by atoms with Crippen molar-refractivity contribution in [2.45, 2.75) is 52.1 Å². The van der Waals surface area contributed by atoms with Crippen LogP contribution >= 0.6 is 0 Å². The second-order valence-corrected chi connectivity index (χ2v) is 8.93. The molecule has 4 rings (SSSR count). The quantitative estimate of drug-likeness (QED) is 0.416. The summed E-state index contributed by atoms with van der Waals surface area (Å²) >= 11 is 0. The Hall–Kier alpha value is -3.49. The van der Waals surface area contributed by atoms with Crippen molar-refractivity contribution in [1.29, 1.82) is 0 Å². The van der Waals surface area contributed by atoms with Crippen LogP contribution in [0.4, 0.5) is 8.78 Å². The van der Waals surface area contributed by atoms with Gasteiger partial charge in [-0.15, -0.1) is 0 Å². The first kappa shape index (κ1) is 24.6. The van der Waals surface area contributed by atoms with E-state index < -0.39 is 17.7 Å². The van der Waals surface area contributed by atoms with Crippen LogP contribution in [0.1, 0.15) is 71.7 Å². The molecule has 2 aromatic carbocycles. The van der Waals surface area contributed by atoms with Gasteiger partial charge in [0.25, 0.3) is 5.91 Å². The number of nitrogens with zero attached hydrogens (tertiary/aromatic N) is 3. The van der Waals surface area contributed by atoms with Crippen molar-refractivity contribution >= 4 is 22.8 Å². The van der Waals surface area contributed by atoms with E-state index in [1.54, 1.807) is 33.2 Å². The maximum absolute atomic E-state index is 14.7. The fraction of sp³-hybridized carbons (Fsp3) is 0.423. The van der Waals surface area contributed by atoms with Gasteiger partial charge in [-0.2, -0.15) is 0 Å². The molecular weight excluding hydrogens is 456 g/mol. The van der Waals surface area contributed by atoms with Gasteiger partial charge < -0.3 is 14.4 Å². The number of aromatic nitrogens is 2. The lowest BCUT2D eigenvalue weighted by Gasteiger charge is -2.27. The molecule has 0 saturated carbocycles. The number of rotatable bonds is 7. The average molecular weight is 486 g/mol. The molecule has 1 aliphatic rings. The molecule has 1 aliphatic heterocycles. The van der Waals surface area contributed by atoms with E-state index in [0.717, 1.165) is 31.4 Å². The van der Waals surface area contributed by atoms with Gasteiger partial charge in [0.2, 0.25) is 5.91 Å². The van der Waals surface area contributed by atoms with E-state index in [9.17, 15) is 18.4 Å². The van der Waals surface area contributed by atoms with Crippen LogP contribution in [0.2, 0.25) is 0 Å². The second kappa shape index (κ2) is 10.0. The number of unbranched alkanes of at least 4 members (excludes halogenated alkanes) is 2. The molecule has 7 nitrogen and oxygen atoms in total. The number of carbonyl (C=O) groups excluding carboxylic acids is 2. The Balaban J connectivity index is 1.82. The molecule has 0 aliphatic carbocycles. The van der Waals surface area contributed by atoms with Crippen molar-refractivity contribution in [3.63, 3.8) is 0 Å². The monoisotopic (exact) mass is 485 g/mol. The van der Waals surface area contributed by atoms with E-state index in [0.29, 0.717) is 35.3 Å². The molecule has 1 amide bonds. The minimum Gasteiger partial charge on any atom is -0.493 e. The molecule has 9 heteroatoms. The highest BCUT2D eigenvalue weighted by molar-refractivity contribution is 6.01. The molecule has 186 valence electrons. The maximum atomic E-state index is 14.7. The van der Waals surface area contributed by atoms with Gasteiger partial charge in [-0.1, -0.05) is 19.8 Å². The molecule has 0 saturated heterocycles. The number of hydrogen-bond donors (Lipinski definition) is 0. The third-order valence-electron chi connectivity index (χ3n) is 6.07. The average Bonchev–Trinajstić information content (AvgIpc) is 3.14. The highest BCUT2D eigenvalue weighted by Crippen LogP contribution is 2.40. The minimum atomic E-state index is -0.780. The zero-order chi connectivity index (χ0) is 25.3. The van der Waals surface area contributed by atoms with Gasteiger partial charge in [-0.3, -0.25) is 14.2 Å². The van der Waals surface area contributed by atoms with Gasteiger partial charge in [-0.25, -0.2) is 13.8 Å². The molecule has 0 N–H and O–H groups in total. The summed E-state index contributed by atoms with van der Waals surface area (Å²) in [5, 5.41) is 0. The van der Waals surface area contributed by atoms with Crippen molar-refractivity contribution < 1.29 is 27.8 Å². The first-order valence-electron chi connectivity index (χ1n) is 11.8. The van der Waals surface area contributed by atoms with Crippen LogP contribution in [-0.4, -0.2) is 47.0 Å². The summed E-state index contributed by atoms with van der Waals surface area (Å²) in [5.74, 6) is -1.09. The normalized spacial score (nSPS) is 15.0. The van der Waals surface area contributed by atoms with Crippen molar-refractivity contribution in [1.82, 2.24) is 14.5 Å². The molecule has 2 heterocycles. The lowest BCUT2D eigenvalue weighted by Crippen LogP contribution is -2.23. The Bertz CT molecular complexity index is 1290. The second-order valence-electron chi connectivity index (χ2n) is 8.93. The van der Waals surface area contributed by atoms with Gasteiger partial charge in [0, 0.05) is 44.6 Å². The molecule has 35 heavy (non-hydrogen) atoms. The fourth-order valence-corrected chi connectivity index (χ4v) is 4.37. The first-order chi connectivity index (χ1) is 16.7. The number of carbonyl (C=O) groups is 2. The molecular formula is C26H29F2N3O4. The van der Waals surface area contributed by atoms with Crippen molar-refractivity contribution in [3.05, 3.63) is 52.9 Å². The van der Waals surface area contributed by atoms with E-state index in [1.165, 1.54) is 9.47 Å². The van der Waals surface area contributed by atoms with Crippen LogP contribution < -0.4 is 9.47 Å². The van der Waals surface area contributed by atoms with Crippen LogP contribution in [0.25, 0.3) is 11.0 Å². The summed E-state index contributed by atoms with van der Waals surface area (Å²) in [6.07, 6.45) is 2.57. The van der Waals surface area contributed by atoms with E-state index in [1.807, 2.05) is 0 Å². The summed E-state index contributed by atoms with van der Waals surface area (Å²) in [5.41, 5.74) is 1.28. The summed E-state index contributed by atoms with van der Waals surface area (Å²) in [6.45, 7) is 4.00. The molecule has 0 spiro atoms. The Morgan fingerprint density at radius 3 is 2.69 bits per heavy atom. The molecule has 0 radical (unpaired) electrons. The number of halogens is 2. The number of benzene rings is 2. The highest BCUT2D eigenvalue weighted by atomic mass is 19.1. The predicted octanol–water partition coefficient (Wildman–Crippen LogP) is 5.45. The van der Waals surface area contributed by atoms with Crippen molar-refractivity contribution in [3.8, 4) is 11.5 Å². The van der Waals surface area contributed by atoms with E-state index in [2.05, 4.69) is 11.9 Å². The summed E-state index contributed by atoms with van der Waals surface area (Å²) < 4.78 is 41.6. The van der Waals surface area contributed by atoms with Gasteiger partial charge >= 0.3 is 0 Å². The summed E-state index contributed by atoms with van der Waals surface area (Å²) in [7, 11) is 3.26. The number of fused-ring (bicyclic) bond motifs is 2. The Kier molecular flexibility index (Phi) is 7.05. The van der Waals surface area contributed by atoms with Gasteiger partial charge in [0.05, 0.1) is 17.7 Å². The predicted molar refractivity (Wildman–Crippen MR) is 127 cm³/mol. The number of aryl methyl sites for hydroxylation is 1. The molecule has 1 atom stereocenters. The lowest BCUT2D eigenvalue weighted by atomic mass is 10.0. The van der Waals surface area contributed by atoms with Crippen molar-refractivity contribution in [2.24, 2.45) is 0 Å². The van der Waals surface area contributed by atoms with Crippen LogP contribution in [0.3, 0.4) is 0 Å². The SMILES string of the molecule is CCCCCC(=O)n1c(C)nc2c(O[C@H]3CCOc4cc(F)cc(F)c43)cc(C(=O)N(C)C)cc21. The van der Waals surface area contributed by atoms with E-state index in [4.69, 9.17) is 9.47 Å². The Morgan fingerprint density at radius 1 is 1.20 bits per heavy atom. The third kappa shape index (κ3) is 4.85. The molecule has 0 bridgehead atoms. The van der Waals surface area contributed by atoms with Crippen LogP contribution in [0.5, 0.6) is 11.5 Å². The largest absolute Gasteiger partial charge is 0.493 e. The standard InChI is InChI=1S/C26H29F2N3O4/c1-5-6-7-8-23(32)31-15(2)29-25-19(31)11-16(26(33)30(3)4)12-22(25)35-20-9-10-34-21-14-17(27)13-18(28)24(20)21/h11-14,20H,5-10H2,1-4H3/t20-/m0/s1. The topological polar surface area (TPSA) is 73.7 Å². The number of ether oxygens (including phenoxy) is 2. The van der Waals surface area contributed by atoms with E-state index in [-0.39, 0.29) is 35.5 Å². The number of hydrogen-bond acceptors (Lipinski definition) is 5. The lowest BCUT2D eigenvalue weighted by molar-refractivity contribution is 0.0824. The highest BCUT2D eigenvalue weighted by Gasteiger charge is 2.30. The fourth-order valence-electron chi connectivity index (χ4n) is 4.37. The third-order valence-corrected chi connectivity index (χ3v) is 6.07. The Morgan fingerprint density at radius 2 is 1.97 bits per heavy atom. The van der Waals surface area contributed by atoms with Crippen LogP contribution in [0, 0.1) is 18.6 Å². The van der Waals surface area contributed by atoms with Gasteiger partial charge in [-0.05, 0) is 25.5 Å². The first-order valence-corrected chi connectivity index (χ1v) is 11.8. The smallest absolute Gasteiger partial charge is 0.253 e. The van der Waals surface area contributed by atoms with Crippen LogP contribution in [-0.2, 0) is 0 Å². The minimum absolute atomic E-state index is 0.0864. The maximum Gasteiger partial charge on any atom is 0.253 e. The molecule has 1 aromatic heterocycles. The molecule has 0 fully saturated rings. The number of imidazole rings is 1.